The van der Waals surface area contributed by atoms with Crippen LogP contribution in [0, 0.1) is 0 Å². The normalized spacial score (nSPS) is 27.4. The van der Waals surface area contributed by atoms with Gasteiger partial charge in [-0.1, -0.05) is 30.3 Å². The molecule has 27 heavy (non-hydrogen) atoms. The van der Waals surface area contributed by atoms with Crippen LogP contribution in [0.25, 0.3) is 0 Å². The van der Waals surface area contributed by atoms with Crippen LogP contribution in [0.15, 0.2) is 30.3 Å². The van der Waals surface area contributed by atoms with Crippen LogP contribution < -0.4 is 5.32 Å². The lowest BCUT2D eigenvalue weighted by molar-refractivity contribution is -0.133. The van der Waals surface area contributed by atoms with Crippen molar-refractivity contribution in [2.45, 2.75) is 24.9 Å². The van der Waals surface area contributed by atoms with Crippen molar-refractivity contribution in [3.05, 3.63) is 35.9 Å². The van der Waals surface area contributed by atoms with Crippen LogP contribution in [-0.2, 0) is 24.9 Å². The summed E-state index contributed by atoms with van der Waals surface area (Å²) in [6.45, 7) is 2.55. The van der Waals surface area contributed by atoms with Gasteiger partial charge in [-0.15, -0.1) is 0 Å². The maximum atomic E-state index is 13.1. The lowest BCUT2D eigenvalue weighted by Crippen LogP contribution is -2.48. The Morgan fingerprint density at radius 1 is 1.30 bits per heavy atom. The molecule has 1 N–H and O–H groups in total. The minimum absolute atomic E-state index is 0.0380. The molecular weight excluding hydrogens is 370 g/mol. The summed E-state index contributed by atoms with van der Waals surface area (Å²) in [7, 11) is -1.52. The highest BCUT2D eigenvalue weighted by Crippen LogP contribution is 2.29. The third kappa shape index (κ3) is 3.99. The Labute approximate surface area is 159 Å². The Bertz CT molecular complexity index is 814. The van der Waals surface area contributed by atoms with Crippen molar-refractivity contribution in [1.82, 2.24) is 15.1 Å². The number of hydrogen-bond donors (Lipinski definition) is 1. The highest BCUT2D eigenvalue weighted by molar-refractivity contribution is 7.91. The number of benzene rings is 1. The quantitative estimate of drug-likeness (QED) is 0.678. The van der Waals surface area contributed by atoms with E-state index >= 15 is 0 Å². The number of carbonyl (C=O) groups excluding carboxylic acids is 2. The third-order valence-electron chi connectivity index (χ3n) is 5.26. The van der Waals surface area contributed by atoms with Crippen LogP contribution in [0.2, 0.25) is 0 Å². The number of hydrogen-bond acceptors (Lipinski definition) is 6. The smallest absolute Gasteiger partial charge is 0.326 e. The Hall–Kier alpha value is -1.97. The molecule has 0 bridgehead atoms. The first kappa shape index (κ1) is 19.8. The minimum Gasteiger partial charge on any atom is -0.383 e. The van der Waals surface area contributed by atoms with E-state index < -0.39 is 21.4 Å². The summed E-state index contributed by atoms with van der Waals surface area (Å²) in [5, 5.41) is 2.78. The Morgan fingerprint density at radius 3 is 2.59 bits per heavy atom. The van der Waals surface area contributed by atoms with Gasteiger partial charge in [-0.05, 0) is 18.9 Å². The number of imide groups is 1. The number of sulfone groups is 1. The van der Waals surface area contributed by atoms with Gasteiger partial charge in [0, 0.05) is 19.7 Å². The van der Waals surface area contributed by atoms with Gasteiger partial charge in [0.1, 0.15) is 5.54 Å². The van der Waals surface area contributed by atoms with Gasteiger partial charge in [-0.3, -0.25) is 9.69 Å². The summed E-state index contributed by atoms with van der Waals surface area (Å²) >= 11 is 0. The van der Waals surface area contributed by atoms with Crippen LogP contribution in [-0.4, -0.2) is 74.6 Å². The number of ether oxygens (including phenoxy) is 1. The number of urea groups is 1. The zero-order chi connectivity index (χ0) is 19.7. The van der Waals surface area contributed by atoms with Crippen molar-refractivity contribution in [1.29, 1.82) is 0 Å². The number of rotatable bonds is 7. The molecule has 1 aromatic rings. The molecule has 3 rings (SSSR count). The highest BCUT2D eigenvalue weighted by atomic mass is 32.2. The molecule has 0 saturated carbocycles. The van der Waals surface area contributed by atoms with Gasteiger partial charge in [-0.25, -0.2) is 18.1 Å². The summed E-state index contributed by atoms with van der Waals surface area (Å²) in [4.78, 5) is 28.6. The number of nitrogens with zero attached hydrogens (tertiary/aromatic N) is 2. The largest absolute Gasteiger partial charge is 0.383 e. The van der Waals surface area contributed by atoms with E-state index in [1.54, 1.807) is 26.2 Å². The van der Waals surface area contributed by atoms with Crippen LogP contribution in [0.1, 0.15) is 18.9 Å². The second-order valence-electron chi connectivity index (χ2n) is 7.16. The zero-order valence-corrected chi connectivity index (χ0v) is 16.4. The van der Waals surface area contributed by atoms with Crippen molar-refractivity contribution in [2.24, 2.45) is 0 Å². The van der Waals surface area contributed by atoms with Crippen molar-refractivity contribution in [3.63, 3.8) is 0 Å². The Morgan fingerprint density at radius 2 is 2.00 bits per heavy atom. The van der Waals surface area contributed by atoms with E-state index in [2.05, 4.69) is 5.32 Å². The first-order valence-electron chi connectivity index (χ1n) is 8.90. The summed E-state index contributed by atoms with van der Waals surface area (Å²) < 4.78 is 28.8. The molecule has 2 heterocycles. The molecule has 2 atom stereocenters. The van der Waals surface area contributed by atoms with Crippen molar-refractivity contribution in [3.8, 4) is 0 Å². The van der Waals surface area contributed by atoms with Gasteiger partial charge in [0.05, 0.1) is 24.8 Å². The van der Waals surface area contributed by atoms with E-state index in [4.69, 9.17) is 4.74 Å². The molecule has 3 amide bonds. The number of amides is 3. The summed E-state index contributed by atoms with van der Waals surface area (Å²) in [5.41, 5.74) is -0.426. The average Bonchev–Trinajstić information content (AvgIpc) is 3.11. The van der Waals surface area contributed by atoms with Gasteiger partial charge >= 0.3 is 6.03 Å². The second kappa shape index (κ2) is 7.57. The summed E-state index contributed by atoms with van der Waals surface area (Å²) in [5.74, 6) is -0.179. The Kier molecular flexibility index (Phi) is 5.55. The molecule has 0 aliphatic carbocycles. The van der Waals surface area contributed by atoms with Crippen molar-refractivity contribution < 1.29 is 22.7 Å². The maximum Gasteiger partial charge on any atom is 0.326 e. The summed E-state index contributed by atoms with van der Waals surface area (Å²) in [6, 6.07) is 8.37. The van der Waals surface area contributed by atoms with Gasteiger partial charge in [0.15, 0.2) is 9.84 Å². The number of nitrogens with one attached hydrogen (secondary N) is 1. The lowest BCUT2D eigenvalue weighted by Gasteiger charge is -2.31. The third-order valence-corrected chi connectivity index (χ3v) is 7.01. The topological polar surface area (TPSA) is 96.0 Å². The molecule has 9 heteroatoms. The standard InChI is InChI=1S/C18H25N3O5S/c1-18(14-6-4-3-5-7-14)16(22)21(17(23)19-18)13-20(9-10-26-2)15-8-11-27(24,25)12-15/h3-7,15H,8-13H2,1-2H3,(H,19,23)/t15-,18+/m1/s1. The lowest BCUT2D eigenvalue weighted by atomic mass is 9.92. The van der Waals surface area contributed by atoms with E-state index in [0.29, 0.717) is 25.1 Å². The molecule has 0 spiro atoms. The summed E-state index contributed by atoms with van der Waals surface area (Å²) in [6.07, 6.45) is 0.492. The first-order valence-corrected chi connectivity index (χ1v) is 10.7. The van der Waals surface area contributed by atoms with Crippen LogP contribution >= 0.6 is 0 Å². The average molecular weight is 395 g/mol. The van der Waals surface area contributed by atoms with E-state index in [0.717, 1.165) is 4.90 Å². The maximum absolute atomic E-state index is 13.1. The number of carbonyl (C=O) groups is 2. The fraction of sp³-hybridized carbons (Fsp3) is 0.556. The molecule has 2 saturated heterocycles. The van der Waals surface area contributed by atoms with Crippen molar-refractivity contribution >= 4 is 21.8 Å². The van der Waals surface area contributed by atoms with E-state index in [9.17, 15) is 18.0 Å². The molecule has 0 aromatic heterocycles. The minimum atomic E-state index is -3.08. The van der Waals surface area contributed by atoms with Gasteiger partial charge in [0.2, 0.25) is 0 Å². The molecule has 2 fully saturated rings. The first-order chi connectivity index (χ1) is 12.8. The predicted molar refractivity (Wildman–Crippen MR) is 99.7 cm³/mol. The molecule has 1 aromatic carbocycles. The zero-order valence-electron chi connectivity index (χ0n) is 15.6. The molecule has 0 radical (unpaired) electrons. The van der Waals surface area contributed by atoms with Crippen LogP contribution in [0.5, 0.6) is 0 Å². The highest BCUT2D eigenvalue weighted by Gasteiger charge is 2.49. The Balaban J connectivity index is 1.79. The van der Waals surface area contributed by atoms with Crippen molar-refractivity contribution in [2.75, 3.05) is 38.4 Å². The monoisotopic (exact) mass is 395 g/mol. The SMILES string of the molecule is COCCN(CN1C(=O)N[C@@](C)(c2ccccc2)C1=O)[C@@H]1CCS(=O)(=O)C1. The van der Waals surface area contributed by atoms with E-state index in [-0.39, 0.29) is 30.1 Å². The molecular formula is C18H25N3O5S. The molecule has 2 aliphatic heterocycles. The van der Waals surface area contributed by atoms with E-state index in [1.165, 1.54) is 0 Å². The fourth-order valence-electron chi connectivity index (χ4n) is 3.61. The van der Waals surface area contributed by atoms with Crippen LogP contribution in [0.3, 0.4) is 0 Å². The molecule has 0 unspecified atom stereocenters. The predicted octanol–water partition coefficient (Wildman–Crippen LogP) is 0.547. The number of methoxy groups -OCH3 is 1. The fourth-order valence-corrected chi connectivity index (χ4v) is 5.38. The van der Waals surface area contributed by atoms with E-state index in [1.807, 2.05) is 23.1 Å². The molecule has 148 valence electrons. The van der Waals surface area contributed by atoms with Crippen LogP contribution in [0.4, 0.5) is 4.79 Å². The van der Waals surface area contributed by atoms with Gasteiger partial charge in [-0.2, -0.15) is 0 Å². The molecule has 8 nitrogen and oxygen atoms in total. The second-order valence-corrected chi connectivity index (χ2v) is 9.39. The van der Waals surface area contributed by atoms with Gasteiger partial charge in [0.25, 0.3) is 5.91 Å². The van der Waals surface area contributed by atoms with Gasteiger partial charge < -0.3 is 10.1 Å². The molecule has 2 aliphatic rings.